The largest absolute Gasteiger partial charge is 0.382 e. The average Bonchev–Trinajstić information content (AvgIpc) is 2.29. The molecule has 22 heavy (non-hydrogen) atoms. The fourth-order valence-electron chi connectivity index (χ4n) is 2.43. The summed E-state index contributed by atoms with van der Waals surface area (Å²) in [6.07, 6.45) is 3.82. The number of anilines is 1. The summed E-state index contributed by atoms with van der Waals surface area (Å²) in [6.45, 7) is 5.90. The predicted molar refractivity (Wildman–Crippen MR) is 93.8 cm³/mol. The molecule has 1 aliphatic rings. The first kappa shape index (κ1) is 18.0. The number of sulfonamides is 1. The van der Waals surface area contributed by atoms with E-state index in [0.717, 1.165) is 12.1 Å². The van der Waals surface area contributed by atoms with Crippen LogP contribution < -0.4 is 10.0 Å². The van der Waals surface area contributed by atoms with Crippen molar-refractivity contribution in [3.05, 3.63) is 21.9 Å². The highest BCUT2D eigenvalue weighted by molar-refractivity contribution is 9.10. The first-order valence-electron chi connectivity index (χ1n) is 7.14. The van der Waals surface area contributed by atoms with Crippen LogP contribution in [0.2, 0.25) is 5.15 Å². The zero-order valence-electron chi connectivity index (χ0n) is 12.9. The van der Waals surface area contributed by atoms with Crippen molar-refractivity contribution in [2.45, 2.75) is 50.3 Å². The fraction of sp³-hybridized carbons (Fsp3) is 0.643. The molecule has 0 aromatic carbocycles. The Morgan fingerprint density at radius 3 is 2.55 bits per heavy atom. The van der Waals surface area contributed by atoms with Crippen molar-refractivity contribution in [1.29, 1.82) is 0 Å². The highest BCUT2D eigenvalue weighted by Crippen LogP contribution is 2.40. The number of hydrogen-bond donors (Lipinski definition) is 2. The van der Waals surface area contributed by atoms with Crippen molar-refractivity contribution in [3.63, 3.8) is 0 Å². The zero-order chi connectivity index (χ0) is 16.6. The molecule has 124 valence electrons. The molecule has 1 aromatic heterocycles. The molecule has 0 spiro atoms. The van der Waals surface area contributed by atoms with E-state index >= 15 is 0 Å². The molecule has 1 aromatic rings. The van der Waals surface area contributed by atoms with Crippen LogP contribution in [0.3, 0.4) is 0 Å². The predicted octanol–water partition coefficient (Wildman–Crippen LogP) is 3.55. The van der Waals surface area contributed by atoms with E-state index in [-0.39, 0.29) is 0 Å². The second-order valence-corrected chi connectivity index (χ2v) is 9.94. The minimum Gasteiger partial charge on any atom is -0.382 e. The van der Waals surface area contributed by atoms with Gasteiger partial charge in [-0.25, -0.2) is 18.1 Å². The quantitative estimate of drug-likeness (QED) is 0.728. The van der Waals surface area contributed by atoms with Crippen molar-refractivity contribution in [2.24, 2.45) is 0 Å². The normalized spacial score (nSPS) is 17.9. The summed E-state index contributed by atoms with van der Waals surface area (Å²) in [4.78, 5) is 3.96. The summed E-state index contributed by atoms with van der Waals surface area (Å²) in [5.41, 5.74) is 0.263. The number of hydrogen-bond acceptors (Lipinski definition) is 4. The Balaban J connectivity index is 2.17. The zero-order valence-corrected chi connectivity index (χ0v) is 16.1. The minimum absolute atomic E-state index is 0.345. The topological polar surface area (TPSA) is 71.1 Å². The Labute approximate surface area is 145 Å². The van der Waals surface area contributed by atoms with E-state index in [0.29, 0.717) is 29.0 Å². The highest BCUT2D eigenvalue weighted by atomic mass is 79.9. The molecule has 0 radical (unpaired) electrons. The molecule has 0 unspecified atom stereocenters. The third-order valence-electron chi connectivity index (χ3n) is 3.72. The van der Waals surface area contributed by atoms with E-state index in [2.05, 4.69) is 31.0 Å². The molecule has 5 nitrogen and oxygen atoms in total. The Bertz CT molecular complexity index is 655. The lowest BCUT2D eigenvalue weighted by atomic mass is 9.84. The van der Waals surface area contributed by atoms with Gasteiger partial charge in [0.05, 0.1) is 10.2 Å². The van der Waals surface area contributed by atoms with Crippen molar-refractivity contribution in [2.75, 3.05) is 11.9 Å². The number of aromatic nitrogens is 1. The van der Waals surface area contributed by atoms with Gasteiger partial charge in [0.1, 0.15) is 9.90 Å². The van der Waals surface area contributed by atoms with Crippen molar-refractivity contribution >= 4 is 43.2 Å². The number of nitrogens with one attached hydrogen (secondary N) is 2. The third kappa shape index (κ3) is 3.75. The van der Waals surface area contributed by atoms with E-state index in [1.807, 2.05) is 20.8 Å². The van der Waals surface area contributed by atoms with Gasteiger partial charge in [-0.05, 0) is 55.6 Å². The SMILES string of the molecule is CC(C)(C)NS(=O)(=O)C1(CNc2ccnc(Cl)c2Br)CCC1. The van der Waals surface area contributed by atoms with Gasteiger partial charge in [-0.3, -0.25) is 0 Å². The average molecular weight is 411 g/mol. The molecule has 2 N–H and O–H groups in total. The van der Waals surface area contributed by atoms with Crippen LogP contribution in [0.5, 0.6) is 0 Å². The summed E-state index contributed by atoms with van der Waals surface area (Å²) < 4.78 is 28.1. The molecule has 0 saturated heterocycles. The van der Waals surface area contributed by atoms with Crippen LogP contribution in [0.15, 0.2) is 16.7 Å². The van der Waals surface area contributed by atoms with Crippen LogP contribution in [0.25, 0.3) is 0 Å². The molecule has 1 fully saturated rings. The van der Waals surface area contributed by atoms with Crippen molar-refractivity contribution in [3.8, 4) is 0 Å². The molecule has 1 aliphatic carbocycles. The highest BCUT2D eigenvalue weighted by Gasteiger charge is 2.49. The lowest BCUT2D eigenvalue weighted by Crippen LogP contribution is -2.58. The second kappa shape index (κ2) is 6.26. The van der Waals surface area contributed by atoms with Gasteiger partial charge >= 0.3 is 0 Å². The lowest BCUT2D eigenvalue weighted by molar-refractivity contribution is 0.339. The van der Waals surface area contributed by atoms with Crippen LogP contribution in [0, 0.1) is 0 Å². The van der Waals surface area contributed by atoms with Gasteiger partial charge in [0.15, 0.2) is 0 Å². The van der Waals surface area contributed by atoms with Crippen LogP contribution >= 0.6 is 27.5 Å². The maximum absolute atomic E-state index is 12.7. The van der Waals surface area contributed by atoms with Crippen LogP contribution in [0.4, 0.5) is 5.69 Å². The molecule has 1 heterocycles. The van der Waals surface area contributed by atoms with E-state index in [9.17, 15) is 8.42 Å². The number of pyridine rings is 1. The van der Waals surface area contributed by atoms with Crippen molar-refractivity contribution in [1.82, 2.24) is 9.71 Å². The van der Waals surface area contributed by atoms with Gasteiger partial charge in [-0.15, -0.1) is 0 Å². The Morgan fingerprint density at radius 2 is 2.05 bits per heavy atom. The lowest BCUT2D eigenvalue weighted by Gasteiger charge is -2.42. The van der Waals surface area contributed by atoms with Crippen LogP contribution in [-0.2, 0) is 10.0 Å². The van der Waals surface area contributed by atoms with Gasteiger partial charge in [0.25, 0.3) is 0 Å². The summed E-state index contributed by atoms with van der Waals surface area (Å²) in [5, 5.41) is 3.55. The van der Waals surface area contributed by atoms with Gasteiger partial charge in [-0.2, -0.15) is 0 Å². The maximum Gasteiger partial charge on any atom is 0.219 e. The van der Waals surface area contributed by atoms with E-state index < -0.39 is 20.3 Å². The first-order valence-corrected chi connectivity index (χ1v) is 9.79. The fourth-order valence-corrected chi connectivity index (χ4v) is 5.08. The molecule has 0 bridgehead atoms. The van der Waals surface area contributed by atoms with E-state index in [1.165, 1.54) is 0 Å². The maximum atomic E-state index is 12.7. The van der Waals surface area contributed by atoms with Gasteiger partial charge in [0.2, 0.25) is 10.0 Å². The summed E-state index contributed by atoms with van der Waals surface area (Å²) in [7, 11) is -3.41. The number of halogens is 2. The molecule has 8 heteroatoms. The summed E-state index contributed by atoms with van der Waals surface area (Å²) >= 11 is 9.33. The van der Waals surface area contributed by atoms with E-state index in [4.69, 9.17) is 11.6 Å². The molecule has 2 rings (SSSR count). The van der Waals surface area contributed by atoms with Gasteiger partial charge in [-0.1, -0.05) is 18.0 Å². The smallest absolute Gasteiger partial charge is 0.219 e. The second-order valence-electron chi connectivity index (χ2n) is 6.71. The van der Waals surface area contributed by atoms with Gasteiger partial charge < -0.3 is 5.32 Å². The molecule has 0 atom stereocenters. The van der Waals surface area contributed by atoms with E-state index in [1.54, 1.807) is 12.3 Å². The van der Waals surface area contributed by atoms with Crippen molar-refractivity contribution < 1.29 is 8.42 Å². The molecular formula is C14H21BrClN3O2S. The summed E-state index contributed by atoms with van der Waals surface area (Å²) in [6, 6.07) is 1.77. The molecule has 0 aliphatic heterocycles. The number of nitrogens with zero attached hydrogens (tertiary/aromatic N) is 1. The number of rotatable bonds is 5. The molecule has 0 amide bonds. The summed E-state index contributed by atoms with van der Waals surface area (Å²) in [5.74, 6) is 0. The molecule has 1 saturated carbocycles. The monoisotopic (exact) mass is 409 g/mol. The first-order chi connectivity index (χ1) is 10.1. The Morgan fingerprint density at radius 1 is 1.41 bits per heavy atom. The van der Waals surface area contributed by atoms with Crippen LogP contribution in [0.1, 0.15) is 40.0 Å². The van der Waals surface area contributed by atoms with Gasteiger partial charge in [0, 0.05) is 18.3 Å². The standard InChI is InChI=1S/C14H21BrClN3O2S/c1-13(2,3)19-22(20,21)14(6-4-7-14)9-18-10-5-8-17-12(16)11(10)15/h5,8,19H,4,6-7,9H2,1-3H3,(H,17,18). The Hall–Kier alpha value is -0.370. The minimum atomic E-state index is -3.41. The molecular weight excluding hydrogens is 390 g/mol. The third-order valence-corrected chi connectivity index (χ3v) is 7.61. The van der Waals surface area contributed by atoms with Crippen LogP contribution in [-0.4, -0.2) is 30.2 Å². The Kier molecular flexibility index (Phi) is 5.12.